The first kappa shape index (κ1) is 20.1. The van der Waals surface area contributed by atoms with Crippen LogP contribution in [0.1, 0.15) is 74.0 Å². The average Bonchev–Trinajstić information content (AvgIpc) is 3.54. The highest BCUT2D eigenvalue weighted by molar-refractivity contribution is 6.11. The van der Waals surface area contributed by atoms with Gasteiger partial charge in [0.2, 0.25) is 5.91 Å². The van der Waals surface area contributed by atoms with Crippen molar-refractivity contribution < 1.29 is 14.3 Å². The zero-order chi connectivity index (χ0) is 21.6. The molecule has 2 amide bonds. The number of benzene rings is 1. The fourth-order valence-electron chi connectivity index (χ4n) is 4.90. The summed E-state index contributed by atoms with van der Waals surface area (Å²) in [5, 5.41) is 7.96. The number of carbonyl (C=O) groups excluding carboxylic acids is 2. The molecule has 1 N–H and O–H groups in total. The van der Waals surface area contributed by atoms with Gasteiger partial charge in [0.25, 0.3) is 5.91 Å². The summed E-state index contributed by atoms with van der Waals surface area (Å²) >= 11 is 0. The molecule has 7 nitrogen and oxygen atoms in total. The quantitative estimate of drug-likeness (QED) is 0.798. The highest BCUT2D eigenvalue weighted by Crippen LogP contribution is 2.41. The molecule has 1 aromatic heterocycles. The Kier molecular flexibility index (Phi) is 4.99. The van der Waals surface area contributed by atoms with Gasteiger partial charge in [0.15, 0.2) is 0 Å². The lowest BCUT2D eigenvalue weighted by Crippen LogP contribution is -2.65. The average molecular weight is 423 g/mol. The molecule has 0 saturated heterocycles. The molecule has 0 radical (unpaired) electrons. The topological polar surface area (TPSA) is 76.5 Å². The van der Waals surface area contributed by atoms with Crippen LogP contribution in [0.2, 0.25) is 0 Å². The third-order valence-corrected chi connectivity index (χ3v) is 6.93. The summed E-state index contributed by atoms with van der Waals surface area (Å²) in [4.78, 5) is 29.0. The van der Waals surface area contributed by atoms with E-state index in [9.17, 15) is 9.59 Å². The molecule has 31 heavy (non-hydrogen) atoms. The SMILES string of the molecule is COc1ccc(N2C(=O)c3cc(C4CC4)nn3CC2(C)C(=O)NC2CCCCC2)cc1. The van der Waals surface area contributed by atoms with E-state index in [1.807, 2.05) is 37.3 Å². The first-order chi connectivity index (χ1) is 15.0. The molecule has 1 atom stereocenters. The minimum atomic E-state index is -1.07. The Morgan fingerprint density at radius 3 is 2.48 bits per heavy atom. The summed E-state index contributed by atoms with van der Waals surface area (Å²) in [6.45, 7) is 2.19. The Morgan fingerprint density at radius 2 is 1.84 bits per heavy atom. The van der Waals surface area contributed by atoms with Crippen LogP contribution in [0.4, 0.5) is 5.69 Å². The van der Waals surface area contributed by atoms with Gasteiger partial charge in [-0.3, -0.25) is 19.2 Å². The van der Waals surface area contributed by atoms with Crippen molar-refractivity contribution in [2.45, 2.75) is 75.9 Å². The van der Waals surface area contributed by atoms with Crippen LogP contribution in [0.15, 0.2) is 30.3 Å². The van der Waals surface area contributed by atoms with Gasteiger partial charge in [0.05, 0.1) is 19.3 Å². The van der Waals surface area contributed by atoms with Crippen LogP contribution in [0.3, 0.4) is 0 Å². The maximum atomic E-state index is 13.7. The Morgan fingerprint density at radius 1 is 1.13 bits per heavy atom. The molecule has 0 bridgehead atoms. The largest absolute Gasteiger partial charge is 0.497 e. The first-order valence-electron chi connectivity index (χ1n) is 11.4. The Labute approximate surface area is 182 Å². The van der Waals surface area contributed by atoms with Crippen LogP contribution in [-0.2, 0) is 11.3 Å². The molecule has 2 saturated carbocycles. The van der Waals surface area contributed by atoms with E-state index in [0.717, 1.165) is 44.2 Å². The molecule has 2 heterocycles. The van der Waals surface area contributed by atoms with Crippen molar-refractivity contribution in [2.24, 2.45) is 0 Å². The maximum absolute atomic E-state index is 13.7. The Balaban J connectivity index is 1.52. The zero-order valence-corrected chi connectivity index (χ0v) is 18.3. The number of rotatable bonds is 5. The van der Waals surface area contributed by atoms with Crippen LogP contribution >= 0.6 is 0 Å². The Hall–Kier alpha value is -2.83. The van der Waals surface area contributed by atoms with Gasteiger partial charge in [0, 0.05) is 17.6 Å². The molecule has 2 fully saturated rings. The first-order valence-corrected chi connectivity index (χ1v) is 11.4. The van der Waals surface area contributed by atoms with E-state index < -0.39 is 5.54 Å². The second-order valence-electron chi connectivity index (χ2n) is 9.31. The van der Waals surface area contributed by atoms with Gasteiger partial charge in [-0.05, 0) is 62.9 Å². The van der Waals surface area contributed by atoms with Gasteiger partial charge in [0.1, 0.15) is 17.0 Å². The molecular formula is C24H30N4O3. The predicted molar refractivity (Wildman–Crippen MR) is 117 cm³/mol. The van der Waals surface area contributed by atoms with E-state index in [1.54, 1.807) is 16.7 Å². The highest BCUT2D eigenvalue weighted by atomic mass is 16.5. The molecule has 2 aromatic rings. The summed E-state index contributed by atoms with van der Waals surface area (Å²) in [7, 11) is 1.61. The minimum Gasteiger partial charge on any atom is -0.497 e. The second-order valence-corrected chi connectivity index (χ2v) is 9.31. The number of nitrogens with one attached hydrogen (secondary N) is 1. The fourth-order valence-corrected chi connectivity index (χ4v) is 4.90. The van der Waals surface area contributed by atoms with Crippen molar-refractivity contribution in [3.8, 4) is 5.75 Å². The van der Waals surface area contributed by atoms with Gasteiger partial charge in [-0.15, -0.1) is 0 Å². The summed E-state index contributed by atoms with van der Waals surface area (Å²) in [5.74, 6) is 0.861. The second kappa shape index (κ2) is 7.70. The number of nitrogens with zero attached hydrogens (tertiary/aromatic N) is 3. The third kappa shape index (κ3) is 3.60. The maximum Gasteiger partial charge on any atom is 0.277 e. The molecule has 1 aliphatic heterocycles. The van der Waals surface area contributed by atoms with Crippen LogP contribution in [0, 0.1) is 0 Å². The summed E-state index contributed by atoms with van der Waals surface area (Å²) in [6.07, 6.45) is 7.72. The van der Waals surface area contributed by atoms with Crippen molar-refractivity contribution in [3.05, 3.63) is 41.7 Å². The number of anilines is 1. The number of fused-ring (bicyclic) bond motifs is 1. The van der Waals surface area contributed by atoms with E-state index in [1.165, 1.54) is 6.42 Å². The molecule has 2 aliphatic carbocycles. The van der Waals surface area contributed by atoms with Crippen LogP contribution in [0.25, 0.3) is 0 Å². The van der Waals surface area contributed by atoms with E-state index in [2.05, 4.69) is 5.32 Å². The van der Waals surface area contributed by atoms with Gasteiger partial charge >= 0.3 is 0 Å². The number of hydrogen-bond acceptors (Lipinski definition) is 4. The molecule has 3 aliphatic rings. The van der Waals surface area contributed by atoms with Crippen molar-refractivity contribution in [1.29, 1.82) is 0 Å². The Bertz CT molecular complexity index is 989. The van der Waals surface area contributed by atoms with E-state index in [-0.39, 0.29) is 17.9 Å². The molecular weight excluding hydrogens is 392 g/mol. The lowest BCUT2D eigenvalue weighted by atomic mass is 9.91. The molecule has 7 heteroatoms. The zero-order valence-electron chi connectivity index (χ0n) is 18.3. The van der Waals surface area contributed by atoms with Gasteiger partial charge in [-0.2, -0.15) is 5.10 Å². The van der Waals surface area contributed by atoms with Gasteiger partial charge in [-0.25, -0.2) is 0 Å². The number of ether oxygens (including phenoxy) is 1. The van der Waals surface area contributed by atoms with Crippen LogP contribution in [-0.4, -0.2) is 40.3 Å². The number of methoxy groups -OCH3 is 1. The van der Waals surface area contributed by atoms with Crippen molar-refractivity contribution in [3.63, 3.8) is 0 Å². The van der Waals surface area contributed by atoms with Crippen molar-refractivity contribution in [2.75, 3.05) is 12.0 Å². The predicted octanol–water partition coefficient (Wildman–Crippen LogP) is 3.64. The monoisotopic (exact) mass is 422 g/mol. The molecule has 1 unspecified atom stereocenters. The molecule has 5 rings (SSSR count). The number of hydrogen-bond donors (Lipinski definition) is 1. The van der Waals surface area contributed by atoms with Gasteiger partial charge < -0.3 is 10.1 Å². The highest BCUT2D eigenvalue weighted by Gasteiger charge is 2.49. The van der Waals surface area contributed by atoms with E-state index in [4.69, 9.17) is 9.84 Å². The summed E-state index contributed by atoms with van der Waals surface area (Å²) < 4.78 is 7.03. The normalized spacial score (nSPS) is 24.1. The minimum absolute atomic E-state index is 0.113. The summed E-state index contributed by atoms with van der Waals surface area (Å²) in [5.41, 5.74) is 1.14. The van der Waals surface area contributed by atoms with Crippen LogP contribution < -0.4 is 15.0 Å². The fraction of sp³-hybridized carbons (Fsp3) is 0.542. The third-order valence-electron chi connectivity index (χ3n) is 6.93. The summed E-state index contributed by atoms with van der Waals surface area (Å²) in [6, 6.07) is 9.42. The van der Waals surface area contributed by atoms with E-state index in [0.29, 0.717) is 29.6 Å². The number of aromatic nitrogens is 2. The molecule has 0 spiro atoms. The standard InChI is InChI=1S/C24H30N4O3/c1-24(23(30)25-17-6-4-3-5-7-17)15-27-21(14-20(26-27)16-8-9-16)22(29)28(24)18-10-12-19(31-2)13-11-18/h10-14,16-17H,3-9,15H2,1-2H3,(H,25,30). The van der Waals surface area contributed by atoms with Gasteiger partial charge in [-0.1, -0.05) is 19.3 Å². The number of amides is 2. The van der Waals surface area contributed by atoms with Crippen molar-refractivity contribution >= 4 is 17.5 Å². The lowest BCUT2D eigenvalue weighted by molar-refractivity contribution is -0.127. The molecule has 164 valence electrons. The number of carbonyl (C=O) groups is 2. The van der Waals surface area contributed by atoms with Crippen molar-refractivity contribution in [1.82, 2.24) is 15.1 Å². The lowest BCUT2D eigenvalue weighted by Gasteiger charge is -2.44. The molecule has 1 aromatic carbocycles. The van der Waals surface area contributed by atoms with E-state index >= 15 is 0 Å². The van der Waals surface area contributed by atoms with Crippen LogP contribution in [0.5, 0.6) is 5.75 Å². The smallest absolute Gasteiger partial charge is 0.277 e.